The molecular formula is C11H22N2O. The van der Waals surface area contributed by atoms with E-state index in [2.05, 4.69) is 0 Å². The summed E-state index contributed by atoms with van der Waals surface area (Å²) in [7, 11) is 1.92. The fraction of sp³-hybridized carbons (Fsp3) is 0.909. The van der Waals surface area contributed by atoms with Crippen molar-refractivity contribution in [2.24, 2.45) is 5.92 Å². The molecule has 0 heterocycles. The number of urea groups is 1. The molecule has 3 heteroatoms. The Hall–Kier alpha value is -0.730. The molecule has 1 aliphatic carbocycles. The second-order valence-electron chi connectivity index (χ2n) is 4.13. The Labute approximate surface area is 87.1 Å². The Bertz CT molecular complexity index is 186. The number of hydrogen-bond donors (Lipinski definition) is 0. The minimum absolute atomic E-state index is 0.182. The van der Waals surface area contributed by atoms with Crippen LogP contribution in [0.5, 0.6) is 0 Å². The van der Waals surface area contributed by atoms with Gasteiger partial charge in [-0.15, -0.1) is 0 Å². The van der Waals surface area contributed by atoms with Gasteiger partial charge in [0.25, 0.3) is 0 Å². The van der Waals surface area contributed by atoms with E-state index < -0.39 is 0 Å². The molecule has 0 aromatic rings. The fourth-order valence-electron chi connectivity index (χ4n) is 1.88. The van der Waals surface area contributed by atoms with Crippen molar-refractivity contribution in [1.82, 2.24) is 9.80 Å². The molecule has 0 radical (unpaired) electrons. The lowest BCUT2D eigenvalue weighted by Gasteiger charge is -2.32. The van der Waals surface area contributed by atoms with Crippen LogP contribution in [0.1, 0.15) is 33.1 Å². The zero-order valence-electron chi connectivity index (χ0n) is 9.62. The number of nitrogens with zero attached hydrogens (tertiary/aromatic N) is 2. The van der Waals surface area contributed by atoms with Crippen molar-refractivity contribution in [2.75, 3.05) is 26.7 Å². The van der Waals surface area contributed by atoms with Crippen molar-refractivity contribution in [2.45, 2.75) is 33.1 Å². The Kier molecular flexibility index (Phi) is 4.23. The number of carbonyl (C=O) groups excluding carboxylic acids is 1. The monoisotopic (exact) mass is 198 g/mol. The van der Waals surface area contributed by atoms with Crippen LogP contribution in [0.15, 0.2) is 0 Å². The number of rotatable bonds is 4. The summed E-state index contributed by atoms with van der Waals surface area (Å²) >= 11 is 0. The van der Waals surface area contributed by atoms with E-state index in [9.17, 15) is 4.79 Å². The first-order chi connectivity index (χ1) is 6.69. The van der Waals surface area contributed by atoms with Gasteiger partial charge in [0.05, 0.1) is 0 Å². The average molecular weight is 198 g/mol. The van der Waals surface area contributed by atoms with Gasteiger partial charge in [-0.05, 0) is 32.6 Å². The summed E-state index contributed by atoms with van der Waals surface area (Å²) in [4.78, 5) is 15.6. The lowest BCUT2D eigenvalue weighted by molar-refractivity contribution is 0.148. The average Bonchev–Trinajstić information content (AvgIpc) is 2.12. The summed E-state index contributed by atoms with van der Waals surface area (Å²) in [6, 6.07) is 0.182. The molecule has 3 nitrogen and oxygen atoms in total. The van der Waals surface area contributed by atoms with Crippen LogP contribution in [-0.4, -0.2) is 42.5 Å². The highest BCUT2D eigenvalue weighted by molar-refractivity contribution is 5.74. The summed E-state index contributed by atoms with van der Waals surface area (Å²) in [5.41, 5.74) is 0. The fourth-order valence-corrected chi connectivity index (χ4v) is 1.88. The Morgan fingerprint density at radius 3 is 2.21 bits per heavy atom. The van der Waals surface area contributed by atoms with Crippen LogP contribution in [0, 0.1) is 5.92 Å². The van der Waals surface area contributed by atoms with Crippen LogP contribution in [0.4, 0.5) is 4.79 Å². The summed E-state index contributed by atoms with van der Waals surface area (Å²) in [6.07, 6.45) is 3.95. The smallest absolute Gasteiger partial charge is 0.319 e. The standard InChI is InChI=1S/C11H22N2O/c1-4-13(5-2)11(14)12(3)9-10-7-6-8-10/h10H,4-9H2,1-3H3. The Morgan fingerprint density at radius 2 is 1.86 bits per heavy atom. The van der Waals surface area contributed by atoms with Gasteiger partial charge in [-0.25, -0.2) is 4.79 Å². The molecule has 1 fully saturated rings. The highest BCUT2D eigenvalue weighted by Crippen LogP contribution is 2.26. The normalized spacial score (nSPS) is 16.2. The third kappa shape index (κ3) is 2.63. The maximum Gasteiger partial charge on any atom is 0.319 e. The van der Waals surface area contributed by atoms with Crippen molar-refractivity contribution in [3.63, 3.8) is 0 Å². The van der Waals surface area contributed by atoms with E-state index in [4.69, 9.17) is 0 Å². The first-order valence-corrected chi connectivity index (χ1v) is 5.69. The van der Waals surface area contributed by atoms with Crippen LogP contribution in [0.2, 0.25) is 0 Å². The lowest BCUT2D eigenvalue weighted by atomic mass is 9.85. The second kappa shape index (κ2) is 5.23. The molecule has 0 aliphatic heterocycles. The molecule has 82 valence electrons. The third-order valence-electron chi connectivity index (χ3n) is 3.12. The Balaban J connectivity index is 2.33. The van der Waals surface area contributed by atoms with Crippen molar-refractivity contribution in [3.05, 3.63) is 0 Å². The van der Waals surface area contributed by atoms with Gasteiger partial charge in [-0.2, -0.15) is 0 Å². The summed E-state index contributed by atoms with van der Waals surface area (Å²) < 4.78 is 0. The van der Waals surface area contributed by atoms with E-state index in [1.165, 1.54) is 19.3 Å². The van der Waals surface area contributed by atoms with E-state index in [0.29, 0.717) is 0 Å². The van der Waals surface area contributed by atoms with E-state index in [-0.39, 0.29) is 6.03 Å². The van der Waals surface area contributed by atoms with Crippen LogP contribution < -0.4 is 0 Å². The summed E-state index contributed by atoms with van der Waals surface area (Å²) in [5, 5.41) is 0. The van der Waals surface area contributed by atoms with Crippen molar-refractivity contribution in [3.8, 4) is 0 Å². The van der Waals surface area contributed by atoms with Gasteiger partial charge in [0.15, 0.2) is 0 Å². The van der Waals surface area contributed by atoms with E-state index in [1.807, 2.05) is 30.7 Å². The molecule has 0 N–H and O–H groups in total. The maximum atomic E-state index is 11.8. The molecule has 0 unspecified atom stereocenters. The van der Waals surface area contributed by atoms with Crippen LogP contribution >= 0.6 is 0 Å². The van der Waals surface area contributed by atoms with Gasteiger partial charge in [0.1, 0.15) is 0 Å². The Morgan fingerprint density at radius 1 is 1.29 bits per heavy atom. The summed E-state index contributed by atoms with van der Waals surface area (Å²) in [6.45, 7) is 6.61. The van der Waals surface area contributed by atoms with Crippen molar-refractivity contribution in [1.29, 1.82) is 0 Å². The molecule has 0 spiro atoms. The molecule has 0 aromatic heterocycles. The van der Waals surface area contributed by atoms with Gasteiger partial charge in [0.2, 0.25) is 0 Å². The predicted octanol–water partition coefficient (Wildman–Crippen LogP) is 2.18. The topological polar surface area (TPSA) is 23.6 Å². The van der Waals surface area contributed by atoms with Crippen molar-refractivity contribution < 1.29 is 4.79 Å². The molecule has 0 bridgehead atoms. The van der Waals surface area contributed by atoms with Crippen molar-refractivity contribution >= 4 is 6.03 Å². The van der Waals surface area contributed by atoms with Gasteiger partial charge in [0, 0.05) is 26.7 Å². The van der Waals surface area contributed by atoms with Gasteiger partial charge >= 0.3 is 6.03 Å². The largest absolute Gasteiger partial charge is 0.327 e. The second-order valence-corrected chi connectivity index (χ2v) is 4.13. The SMILES string of the molecule is CCN(CC)C(=O)N(C)CC1CCC1. The first-order valence-electron chi connectivity index (χ1n) is 5.69. The molecule has 1 saturated carbocycles. The van der Waals surface area contributed by atoms with Crippen LogP contribution in [0.25, 0.3) is 0 Å². The van der Waals surface area contributed by atoms with Gasteiger partial charge in [-0.3, -0.25) is 0 Å². The van der Waals surface area contributed by atoms with E-state index >= 15 is 0 Å². The molecule has 14 heavy (non-hydrogen) atoms. The number of hydrogen-bond acceptors (Lipinski definition) is 1. The van der Waals surface area contributed by atoms with E-state index in [0.717, 1.165) is 25.6 Å². The van der Waals surface area contributed by atoms with Gasteiger partial charge in [-0.1, -0.05) is 6.42 Å². The van der Waals surface area contributed by atoms with Crippen LogP contribution in [0.3, 0.4) is 0 Å². The molecule has 1 rings (SSSR count). The quantitative estimate of drug-likeness (QED) is 0.679. The lowest BCUT2D eigenvalue weighted by Crippen LogP contribution is -2.43. The van der Waals surface area contributed by atoms with Crippen LogP contribution in [-0.2, 0) is 0 Å². The third-order valence-corrected chi connectivity index (χ3v) is 3.12. The highest BCUT2D eigenvalue weighted by atomic mass is 16.2. The maximum absolute atomic E-state index is 11.8. The first kappa shape index (κ1) is 11.3. The molecular weight excluding hydrogens is 176 g/mol. The van der Waals surface area contributed by atoms with Gasteiger partial charge < -0.3 is 9.80 Å². The molecule has 2 amide bonds. The zero-order chi connectivity index (χ0) is 10.6. The predicted molar refractivity (Wildman–Crippen MR) is 58.3 cm³/mol. The minimum Gasteiger partial charge on any atom is -0.327 e. The molecule has 1 aliphatic rings. The van der Waals surface area contributed by atoms with E-state index in [1.54, 1.807) is 0 Å². The number of carbonyl (C=O) groups is 1. The minimum atomic E-state index is 0.182. The molecule has 0 atom stereocenters. The summed E-state index contributed by atoms with van der Waals surface area (Å²) in [5.74, 6) is 0.763. The zero-order valence-corrected chi connectivity index (χ0v) is 9.62. The number of amides is 2. The molecule has 0 saturated heterocycles. The highest BCUT2D eigenvalue weighted by Gasteiger charge is 2.22. The molecule has 0 aromatic carbocycles.